The number of aromatic nitrogens is 1. The van der Waals surface area contributed by atoms with Crippen LogP contribution >= 0.6 is 11.3 Å². The Morgan fingerprint density at radius 3 is 2.70 bits per heavy atom. The van der Waals surface area contributed by atoms with Gasteiger partial charge in [-0.1, -0.05) is 23.5 Å². The summed E-state index contributed by atoms with van der Waals surface area (Å²) in [4.78, 5) is 23.1. The van der Waals surface area contributed by atoms with Crippen molar-refractivity contribution in [2.75, 3.05) is 0 Å². The van der Waals surface area contributed by atoms with E-state index in [-0.39, 0.29) is 0 Å². The van der Waals surface area contributed by atoms with E-state index in [0.717, 1.165) is 15.0 Å². The standard InChI is InChI=1S/C14H11N3O2S/c1-17-10-4-2-3-5-13(10)20-14(17)16-15-9-6-7-11(18)12(19)8-9/h2-8,15H,1H3/b16-14+. The number of rotatable bonds is 2. The summed E-state index contributed by atoms with van der Waals surface area (Å²) in [6.07, 6.45) is 4.03. The van der Waals surface area contributed by atoms with Crippen LogP contribution in [0.25, 0.3) is 10.2 Å². The van der Waals surface area contributed by atoms with Crippen LogP contribution in [0.15, 0.2) is 53.3 Å². The van der Waals surface area contributed by atoms with Crippen molar-refractivity contribution in [3.8, 4) is 0 Å². The summed E-state index contributed by atoms with van der Waals surface area (Å²) < 4.78 is 3.10. The lowest BCUT2D eigenvalue weighted by Crippen LogP contribution is -2.20. The number of aryl methyl sites for hydroxylation is 1. The molecule has 20 heavy (non-hydrogen) atoms. The first-order valence-corrected chi connectivity index (χ1v) is 6.79. The number of thiazole rings is 1. The second-order valence-corrected chi connectivity index (χ2v) is 5.31. The number of carbonyl (C=O) groups excluding carboxylic acids is 2. The van der Waals surface area contributed by atoms with Crippen LogP contribution in [0.3, 0.4) is 0 Å². The van der Waals surface area contributed by atoms with Crippen molar-refractivity contribution < 1.29 is 9.59 Å². The molecule has 1 aliphatic carbocycles. The van der Waals surface area contributed by atoms with E-state index in [1.165, 1.54) is 12.2 Å². The molecule has 0 bridgehead atoms. The maximum Gasteiger partial charge on any atom is 0.227 e. The molecule has 0 aliphatic heterocycles. The number of para-hydroxylation sites is 1. The Balaban J connectivity index is 1.94. The van der Waals surface area contributed by atoms with Gasteiger partial charge in [0.05, 0.1) is 15.9 Å². The summed E-state index contributed by atoms with van der Waals surface area (Å²) in [5, 5.41) is 4.27. The maximum atomic E-state index is 11.3. The van der Waals surface area contributed by atoms with E-state index in [1.807, 2.05) is 35.9 Å². The SMILES string of the molecule is Cn1/c(=N\NC2=CC(=O)C(=O)C=C2)sc2ccccc21. The van der Waals surface area contributed by atoms with Crippen molar-refractivity contribution in [3.05, 3.63) is 53.0 Å². The van der Waals surface area contributed by atoms with Gasteiger partial charge in [0, 0.05) is 13.1 Å². The zero-order valence-electron chi connectivity index (χ0n) is 10.7. The second-order valence-electron chi connectivity index (χ2n) is 4.30. The molecule has 0 saturated carbocycles. The van der Waals surface area contributed by atoms with Crippen LogP contribution in [-0.2, 0) is 16.6 Å². The van der Waals surface area contributed by atoms with Crippen molar-refractivity contribution in [2.45, 2.75) is 0 Å². The van der Waals surface area contributed by atoms with Gasteiger partial charge in [0.15, 0.2) is 0 Å². The fraction of sp³-hybridized carbons (Fsp3) is 0.0714. The van der Waals surface area contributed by atoms with E-state index in [2.05, 4.69) is 10.5 Å². The van der Waals surface area contributed by atoms with E-state index in [4.69, 9.17) is 0 Å². The van der Waals surface area contributed by atoms with E-state index in [1.54, 1.807) is 17.4 Å². The van der Waals surface area contributed by atoms with Crippen molar-refractivity contribution in [2.24, 2.45) is 12.1 Å². The van der Waals surface area contributed by atoms with Crippen LogP contribution in [0.5, 0.6) is 0 Å². The lowest BCUT2D eigenvalue weighted by molar-refractivity contribution is -0.131. The molecule has 1 N–H and O–H groups in total. The molecular formula is C14H11N3O2S. The Kier molecular flexibility index (Phi) is 3.08. The van der Waals surface area contributed by atoms with Crippen LogP contribution < -0.4 is 10.2 Å². The monoisotopic (exact) mass is 285 g/mol. The van der Waals surface area contributed by atoms with Gasteiger partial charge in [-0.3, -0.25) is 15.0 Å². The molecule has 1 aliphatic rings. The highest BCUT2D eigenvalue weighted by Crippen LogP contribution is 2.15. The predicted octanol–water partition coefficient (Wildman–Crippen LogP) is 1.24. The zero-order valence-corrected chi connectivity index (χ0v) is 11.5. The molecular weight excluding hydrogens is 274 g/mol. The molecule has 2 aromatic rings. The summed E-state index contributed by atoms with van der Waals surface area (Å²) in [6.45, 7) is 0. The number of carbonyl (C=O) groups is 2. The van der Waals surface area contributed by atoms with Gasteiger partial charge in [-0.05, 0) is 24.3 Å². The Labute approximate surface area is 118 Å². The molecule has 0 fully saturated rings. The quantitative estimate of drug-likeness (QED) is 0.513. The third-order valence-electron chi connectivity index (χ3n) is 2.94. The Hall–Kier alpha value is -2.47. The van der Waals surface area contributed by atoms with E-state index < -0.39 is 11.6 Å². The number of nitrogens with zero attached hydrogens (tertiary/aromatic N) is 2. The fourth-order valence-electron chi connectivity index (χ4n) is 1.88. The summed E-state index contributed by atoms with van der Waals surface area (Å²) in [7, 11) is 1.93. The van der Waals surface area contributed by atoms with Crippen LogP contribution in [0, 0.1) is 0 Å². The maximum absolute atomic E-state index is 11.3. The number of ketones is 2. The summed E-state index contributed by atoms with van der Waals surface area (Å²) >= 11 is 1.54. The molecule has 0 radical (unpaired) electrons. The highest BCUT2D eigenvalue weighted by molar-refractivity contribution is 7.16. The number of hydrogen-bond acceptors (Lipinski definition) is 5. The van der Waals surface area contributed by atoms with Gasteiger partial charge >= 0.3 is 0 Å². The first-order valence-electron chi connectivity index (χ1n) is 5.97. The minimum Gasteiger partial charge on any atom is -0.318 e. The van der Waals surface area contributed by atoms with Crippen LogP contribution in [0.2, 0.25) is 0 Å². The van der Waals surface area contributed by atoms with Gasteiger partial charge in [-0.25, -0.2) is 0 Å². The average Bonchev–Trinajstić information content (AvgIpc) is 2.77. The van der Waals surface area contributed by atoms with Crippen molar-refractivity contribution in [3.63, 3.8) is 0 Å². The number of benzene rings is 1. The molecule has 0 atom stereocenters. The van der Waals surface area contributed by atoms with Gasteiger partial charge < -0.3 is 4.57 Å². The number of nitrogens with one attached hydrogen (secondary N) is 1. The normalized spacial score (nSPS) is 15.8. The molecule has 0 spiro atoms. The number of allylic oxidation sites excluding steroid dienone is 3. The Morgan fingerprint density at radius 2 is 1.95 bits per heavy atom. The number of hydrogen-bond donors (Lipinski definition) is 1. The third-order valence-corrected chi connectivity index (χ3v) is 4.05. The highest BCUT2D eigenvalue weighted by atomic mass is 32.1. The van der Waals surface area contributed by atoms with E-state index in [0.29, 0.717) is 5.70 Å². The summed E-state index contributed by atoms with van der Waals surface area (Å²) in [5.41, 5.74) is 4.41. The molecule has 6 heteroatoms. The van der Waals surface area contributed by atoms with Crippen LogP contribution in [0.4, 0.5) is 0 Å². The molecule has 1 aromatic carbocycles. The molecule has 100 valence electrons. The minimum atomic E-state index is -0.536. The lowest BCUT2D eigenvalue weighted by atomic mass is 10.1. The second kappa shape index (κ2) is 4.90. The van der Waals surface area contributed by atoms with Gasteiger partial charge in [-0.15, -0.1) is 5.10 Å². The Bertz CT molecular complexity index is 839. The largest absolute Gasteiger partial charge is 0.318 e. The Morgan fingerprint density at radius 1 is 1.15 bits per heavy atom. The smallest absolute Gasteiger partial charge is 0.227 e. The van der Waals surface area contributed by atoms with Gasteiger partial charge in [0.1, 0.15) is 0 Å². The predicted molar refractivity (Wildman–Crippen MR) is 76.7 cm³/mol. The molecule has 0 amide bonds. The zero-order chi connectivity index (χ0) is 14.1. The minimum absolute atomic E-state index is 0.507. The van der Waals surface area contributed by atoms with Crippen molar-refractivity contribution in [1.82, 2.24) is 9.99 Å². The third kappa shape index (κ3) is 2.21. The first kappa shape index (κ1) is 12.6. The van der Waals surface area contributed by atoms with Gasteiger partial charge in [0.2, 0.25) is 16.4 Å². The van der Waals surface area contributed by atoms with Crippen molar-refractivity contribution >= 4 is 33.1 Å². The van der Waals surface area contributed by atoms with E-state index >= 15 is 0 Å². The summed E-state index contributed by atoms with van der Waals surface area (Å²) in [5.74, 6) is -1.05. The molecule has 3 rings (SSSR count). The molecule has 0 unspecified atom stereocenters. The molecule has 1 heterocycles. The average molecular weight is 285 g/mol. The lowest BCUT2D eigenvalue weighted by Gasteiger charge is -2.03. The highest BCUT2D eigenvalue weighted by Gasteiger charge is 2.12. The molecule has 5 nitrogen and oxygen atoms in total. The van der Waals surface area contributed by atoms with Gasteiger partial charge in [-0.2, -0.15) is 0 Å². The summed E-state index contributed by atoms with van der Waals surface area (Å²) in [6, 6.07) is 8.00. The first-order chi connectivity index (χ1) is 9.65. The van der Waals surface area contributed by atoms with Crippen LogP contribution in [-0.4, -0.2) is 16.1 Å². The fourth-order valence-corrected chi connectivity index (χ4v) is 2.86. The molecule has 1 aromatic heterocycles. The van der Waals surface area contributed by atoms with E-state index in [9.17, 15) is 9.59 Å². The molecule has 0 saturated heterocycles. The van der Waals surface area contributed by atoms with Gasteiger partial charge in [0.25, 0.3) is 0 Å². The topological polar surface area (TPSA) is 63.5 Å². The van der Waals surface area contributed by atoms with Crippen molar-refractivity contribution in [1.29, 1.82) is 0 Å². The van der Waals surface area contributed by atoms with Crippen LogP contribution in [0.1, 0.15) is 0 Å². The number of fused-ring (bicyclic) bond motifs is 1.